The van der Waals surface area contributed by atoms with Crippen LogP contribution in [0, 0.1) is 0 Å². The molecular weight excluding hydrogens is 258 g/mol. The maximum atomic E-state index is 12.3. The maximum absolute atomic E-state index is 12.3. The average Bonchev–Trinajstić information content (AvgIpc) is 2.46. The van der Waals surface area contributed by atoms with Crippen LogP contribution in [0.4, 0.5) is 0 Å². The number of nitrogens with one attached hydrogen (secondary N) is 1. The molecule has 20 heavy (non-hydrogen) atoms. The van der Waals surface area contributed by atoms with E-state index in [1.54, 1.807) is 7.05 Å². The van der Waals surface area contributed by atoms with Crippen molar-refractivity contribution in [2.45, 2.75) is 18.1 Å². The van der Waals surface area contributed by atoms with Crippen LogP contribution in [-0.4, -0.2) is 46.1 Å². The molecule has 0 bridgehead atoms. The molecule has 5 nitrogen and oxygen atoms in total. The van der Waals surface area contributed by atoms with Crippen molar-refractivity contribution in [2.24, 2.45) is 0 Å². The van der Waals surface area contributed by atoms with Gasteiger partial charge in [0.1, 0.15) is 11.6 Å². The Morgan fingerprint density at radius 2 is 2.10 bits per heavy atom. The lowest BCUT2D eigenvalue weighted by molar-refractivity contribution is -0.153. The van der Waals surface area contributed by atoms with E-state index in [-0.39, 0.29) is 12.1 Å². The molecule has 0 spiro atoms. The van der Waals surface area contributed by atoms with Gasteiger partial charge in [0, 0.05) is 13.0 Å². The number of esters is 1. The van der Waals surface area contributed by atoms with Crippen LogP contribution in [0.3, 0.4) is 0 Å². The largest absolute Gasteiger partial charge is 0.467 e. The zero-order valence-electron chi connectivity index (χ0n) is 11.9. The standard InChI is InChI=1S/C15H21NO4/c1-16-15(14(17)18-2,12-6-4-3-5-7-12)8-9-20-13-10-19-11-13/h3-7,13,16H,8-11H2,1-2H3. The van der Waals surface area contributed by atoms with Crippen molar-refractivity contribution in [1.29, 1.82) is 0 Å². The van der Waals surface area contributed by atoms with Crippen molar-refractivity contribution in [3.63, 3.8) is 0 Å². The first-order valence-corrected chi connectivity index (χ1v) is 6.75. The zero-order chi connectivity index (χ0) is 14.4. The molecule has 1 aliphatic rings. The quantitative estimate of drug-likeness (QED) is 0.757. The molecule has 0 radical (unpaired) electrons. The summed E-state index contributed by atoms with van der Waals surface area (Å²) < 4.78 is 15.7. The van der Waals surface area contributed by atoms with Crippen LogP contribution in [0.1, 0.15) is 12.0 Å². The minimum atomic E-state index is -0.874. The highest BCUT2D eigenvalue weighted by molar-refractivity contribution is 5.82. The Balaban J connectivity index is 2.11. The summed E-state index contributed by atoms with van der Waals surface area (Å²) in [5, 5.41) is 3.11. The molecule has 5 heteroatoms. The normalized spacial score (nSPS) is 18.1. The average molecular weight is 279 g/mol. The highest BCUT2D eigenvalue weighted by Crippen LogP contribution is 2.27. The maximum Gasteiger partial charge on any atom is 0.330 e. The number of likely N-dealkylation sites (N-methyl/N-ethyl adjacent to an activating group) is 1. The molecule has 1 aromatic rings. The lowest BCUT2D eigenvalue weighted by Gasteiger charge is -2.33. The number of carbonyl (C=O) groups excluding carboxylic acids is 1. The predicted octanol–water partition coefficient (Wildman–Crippen LogP) is 1.08. The summed E-state index contributed by atoms with van der Waals surface area (Å²) >= 11 is 0. The molecular formula is C15H21NO4. The Hall–Kier alpha value is -1.43. The molecule has 1 aliphatic heterocycles. The summed E-state index contributed by atoms with van der Waals surface area (Å²) in [5.74, 6) is -0.306. The molecule has 0 aromatic heterocycles. The number of hydrogen-bond donors (Lipinski definition) is 1. The van der Waals surface area contributed by atoms with E-state index in [4.69, 9.17) is 14.2 Å². The Labute approximate surface area is 119 Å². The van der Waals surface area contributed by atoms with Gasteiger partial charge in [-0.25, -0.2) is 4.79 Å². The fourth-order valence-corrected chi connectivity index (χ4v) is 2.32. The van der Waals surface area contributed by atoms with E-state index in [2.05, 4.69) is 5.32 Å². The van der Waals surface area contributed by atoms with Gasteiger partial charge < -0.3 is 19.5 Å². The monoisotopic (exact) mass is 279 g/mol. The van der Waals surface area contributed by atoms with Crippen LogP contribution in [0.5, 0.6) is 0 Å². The van der Waals surface area contributed by atoms with Crippen LogP contribution in [0.25, 0.3) is 0 Å². The van der Waals surface area contributed by atoms with Crippen molar-refractivity contribution in [2.75, 3.05) is 34.0 Å². The summed E-state index contributed by atoms with van der Waals surface area (Å²) in [4.78, 5) is 12.3. The molecule has 0 aliphatic carbocycles. The first kappa shape index (κ1) is 15.0. The summed E-state index contributed by atoms with van der Waals surface area (Å²) in [6, 6.07) is 9.57. The minimum absolute atomic E-state index is 0.151. The molecule has 1 N–H and O–H groups in total. The van der Waals surface area contributed by atoms with Gasteiger partial charge >= 0.3 is 5.97 Å². The molecule has 1 heterocycles. The molecule has 1 aromatic carbocycles. The number of rotatable bonds is 7. The van der Waals surface area contributed by atoms with Crippen molar-refractivity contribution in [1.82, 2.24) is 5.32 Å². The smallest absolute Gasteiger partial charge is 0.330 e. The topological polar surface area (TPSA) is 56.8 Å². The highest BCUT2D eigenvalue weighted by Gasteiger charge is 2.40. The van der Waals surface area contributed by atoms with Gasteiger partial charge in [0.2, 0.25) is 0 Å². The second-order valence-electron chi connectivity index (χ2n) is 4.79. The van der Waals surface area contributed by atoms with E-state index in [0.717, 1.165) is 5.56 Å². The Morgan fingerprint density at radius 3 is 2.60 bits per heavy atom. The highest BCUT2D eigenvalue weighted by atomic mass is 16.6. The second-order valence-corrected chi connectivity index (χ2v) is 4.79. The van der Waals surface area contributed by atoms with Crippen LogP contribution in [-0.2, 0) is 24.5 Å². The third-order valence-electron chi connectivity index (χ3n) is 3.67. The molecule has 1 atom stereocenters. The summed E-state index contributed by atoms with van der Waals surface area (Å²) in [6.45, 7) is 1.74. The van der Waals surface area contributed by atoms with Crippen molar-refractivity contribution >= 4 is 5.97 Å². The Kier molecular flexibility index (Phi) is 5.11. The number of ether oxygens (including phenoxy) is 3. The first-order chi connectivity index (χ1) is 9.73. The van der Waals surface area contributed by atoms with Gasteiger partial charge in [0.25, 0.3) is 0 Å². The third kappa shape index (κ3) is 3.00. The van der Waals surface area contributed by atoms with E-state index >= 15 is 0 Å². The zero-order valence-corrected chi connectivity index (χ0v) is 11.9. The number of methoxy groups -OCH3 is 1. The van der Waals surface area contributed by atoms with E-state index in [0.29, 0.717) is 26.2 Å². The van der Waals surface area contributed by atoms with Gasteiger partial charge in [-0.1, -0.05) is 30.3 Å². The molecule has 2 rings (SSSR count). The van der Waals surface area contributed by atoms with Gasteiger partial charge in [0.15, 0.2) is 0 Å². The molecule has 0 amide bonds. The van der Waals surface area contributed by atoms with Crippen molar-refractivity contribution in [3.8, 4) is 0 Å². The molecule has 0 saturated carbocycles. The molecule has 1 unspecified atom stereocenters. The third-order valence-corrected chi connectivity index (χ3v) is 3.67. The molecule has 110 valence electrons. The predicted molar refractivity (Wildman–Crippen MR) is 74.4 cm³/mol. The van der Waals surface area contributed by atoms with Crippen LogP contribution in [0.2, 0.25) is 0 Å². The van der Waals surface area contributed by atoms with E-state index in [1.807, 2.05) is 30.3 Å². The van der Waals surface area contributed by atoms with Crippen LogP contribution < -0.4 is 5.32 Å². The number of carbonyl (C=O) groups is 1. The van der Waals surface area contributed by atoms with Crippen molar-refractivity contribution in [3.05, 3.63) is 35.9 Å². The van der Waals surface area contributed by atoms with Gasteiger partial charge in [0.05, 0.1) is 20.3 Å². The van der Waals surface area contributed by atoms with E-state index < -0.39 is 5.54 Å². The van der Waals surface area contributed by atoms with Crippen LogP contribution >= 0.6 is 0 Å². The second kappa shape index (κ2) is 6.83. The fraction of sp³-hybridized carbons (Fsp3) is 0.533. The minimum Gasteiger partial charge on any atom is -0.467 e. The molecule has 1 fully saturated rings. The lowest BCUT2D eigenvalue weighted by Crippen LogP contribution is -2.49. The van der Waals surface area contributed by atoms with Gasteiger partial charge in [-0.3, -0.25) is 0 Å². The number of hydrogen-bond acceptors (Lipinski definition) is 5. The van der Waals surface area contributed by atoms with Gasteiger partial charge in [-0.15, -0.1) is 0 Å². The Bertz CT molecular complexity index is 433. The number of benzene rings is 1. The van der Waals surface area contributed by atoms with E-state index in [1.165, 1.54) is 7.11 Å². The SMILES string of the molecule is CNC(CCOC1COC1)(C(=O)OC)c1ccccc1. The lowest BCUT2D eigenvalue weighted by atomic mass is 9.87. The summed E-state index contributed by atoms with van der Waals surface area (Å²) in [5.41, 5.74) is 0.00321. The molecule has 1 saturated heterocycles. The first-order valence-electron chi connectivity index (χ1n) is 6.75. The van der Waals surface area contributed by atoms with Gasteiger partial charge in [-0.2, -0.15) is 0 Å². The fourth-order valence-electron chi connectivity index (χ4n) is 2.32. The summed E-state index contributed by atoms with van der Waals surface area (Å²) in [6.07, 6.45) is 0.662. The van der Waals surface area contributed by atoms with Crippen molar-refractivity contribution < 1.29 is 19.0 Å². The van der Waals surface area contributed by atoms with Crippen LogP contribution in [0.15, 0.2) is 30.3 Å². The van der Waals surface area contributed by atoms with Gasteiger partial charge in [-0.05, 0) is 12.6 Å². The van der Waals surface area contributed by atoms with E-state index in [9.17, 15) is 4.79 Å². The summed E-state index contributed by atoms with van der Waals surface area (Å²) in [7, 11) is 3.16. The Morgan fingerprint density at radius 1 is 1.40 bits per heavy atom.